The topological polar surface area (TPSA) is 52.6 Å². The minimum Gasteiger partial charge on any atom is -0.469 e. The normalized spacial score (nSPS) is 11.6. The zero-order valence-electron chi connectivity index (χ0n) is 12.5. The van der Waals surface area contributed by atoms with Gasteiger partial charge in [-0.05, 0) is 40.0 Å². The maximum Gasteiger partial charge on any atom is 0.310 e. The fraction of sp³-hybridized carbons (Fsp3) is 0.733. The number of esters is 2. The average molecular weight is 270 g/mol. The first kappa shape index (κ1) is 17.7. The molecule has 110 valence electrons. The molecular weight excluding hydrogens is 244 g/mol. The van der Waals surface area contributed by atoms with Gasteiger partial charge in [0.25, 0.3) is 0 Å². The Morgan fingerprint density at radius 1 is 1.00 bits per heavy atom. The number of rotatable bonds is 8. The molecule has 0 aromatic heterocycles. The van der Waals surface area contributed by atoms with Crippen LogP contribution in [0.3, 0.4) is 0 Å². The molecule has 0 heterocycles. The first-order valence-electron chi connectivity index (χ1n) is 6.79. The van der Waals surface area contributed by atoms with Crippen LogP contribution in [0.5, 0.6) is 0 Å². The van der Waals surface area contributed by atoms with Crippen LogP contribution >= 0.6 is 0 Å². The van der Waals surface area contributed by atoms with Crippen molar-refractivity contribution >= 4 is 11.9 Å². The summed E-state index contributed by atoms with van der Waals surface area (Å²) in [5.41, 5.74) is -0.418. The van der Waals surface area contributed by atoms with Crippen molar-refractivity contribution in [2.45, 2.75) is 64.9 Å². The molecule has 0 amide bonds. The lowest BCUT2D eigenvalue weighted by atomic mass is 10.1. The van der Waals surface area contributed by atoms with E-state index in [0.717, 1.165) is 25.7 Å². The third kappa shape index (κ3) is 12.9. The summed E-state index contributed by atoms with van der Waals surface area (Å²) < 4.78 is 9.74. The van der Waals surface area contributed by atoms with Crippen molar-refractivity contribution in [2.75, 3.05) is 7.11 Å². The van der Waals surface area contributed by atoms with Crippen LogP contribution in [0.25, 0.3) is 0 Å². The van der Waals surface area contributed by atoms with E-state index in [1.165, 1.54) is 7.11 Å². The Hall–Kier alpha value is -1.32. The van der Waals surface area contributed by atoms with Crippen LogP contribution in [0.4, 0.5) is 0 Å². The molecule has 0 atom stereocenters. The Kier molecular flexibility index (Phi) is 8.92. The lowest BCUT2D eigenvalue weighted by Gasteiger charge is -2.18. The van der Waals surface area contributed by atoms with E-state index >= 15 is 0 Å². The van der Waals surface area contributed by atoms with Crippen LogP contribution in [0.1, 0.15) is 59.3 Å². The van der Waals surface area contributed by atoms with Crippen molar-refractivity contribution < 1.29 is 19.1 Å². The Morgan fingerprint density at radius 2 is 1.68 bits per heavy atom. The summed E-state index contributed by atoms with van der Waals surface area (Å²) in [7, 11) is 1.40. The van der Waals surface area contributed by atoms with Gasteiger partial charge < -0.3 is 9.47 Å². The van der Waals surface area contributed by atoms with Crippen LogP contribution in [0.15, 0.2) is 12.2 Å². The summed E-state index contributed by atoms with van der Waals surface area (Å²) in [4.78, 5) is 22.2. The van der Waals surface area contributed by atoms with Crippen LogP contribution in [0, 0.1) is 0 Å². The molecule has 0 rings (SSSR count). The molecule has 4 heteroatoms. The Balaban J connectivity index is 3.49. The maximum atomic E-state index is 11.4. The second-order valence-corrected chi connectivity index (χ2v) is 5.44. The van der Waals surface area contributed by atoms with Gasteiger partial charge in [-0.15, -0.1) is 0 Å². The molecule has 0 saturated carbocycles. The largest absolute Gasteiger partial charge is 0.469 e. The highest BCUT2D eigenvalue weighted by Crippen LogP contribution is 2.09. The van der Waals surface area contributed by atoms with Crippen LogP contribution < -0.4 is 0 Å². The van der Waals surface area contributed by atoms with Gasteiger partial charge in [-0.25, -0.2) is 0 Å². The van der Waals surface area contributed by atoms with Gasteiger partial charge in [0.2, 0.25) is 0 Å². The first-order valence-corrected chi connectivity index (χ1v) is 6.79. The number of unbranched alkanes of at least 4 members (excludes halogenated alkanes) is 3. The molecule has 19 heavy (non-hydrogen) atoms. The molecule has 0 aliphatic heterocycles. The summed E-state index contributed by atoms with van der Waals surface area (Å²) in [6.45, 7) is 5.57. The average Bonchev–Trinajstić information content (AvgIpc) is 2.29. The fourth-order valence-electron chi connectivity index (χ4n) is 1.49. The Morgan fingerprint density at radius 3 is 2.26 bits per heavy atom. The van der Waals surface area contributed by atoms with Crippen LogP contribution in [0.2, 0.25) is 0 Å². The van der Waals surface area contributed by atoms with Crippen molar-refractivity contribution in [3.05, 3.63) is 12.2 Å². The van der Waals surface area contributed by atoms with Crippen molar-refractivity contribution in [1.82, 2.24) is 0 Å². The summed E-state index contributed by atoms with van der Waals surface area (Å²) >= 11 is 0. The summed E-state index contributed by atoms with van der Waals surface area (Å²) in [6.07, 6.45) is 8.41. The molecule has 0 aliphatic rings. The number of hydrogen-bond donors (Lipinski definition) is 0. The highest BCUT2D eigenvalue weighted by molar-refractivity contribution is 5.71. The van der Waals surface area contributed by atoms with Gasteiger partial charge >= 0.3 is 11.9 Å². The van der Waals surface area contributed by atoms with E-state index in [2.05, 4.69) is 4.74 Å². The zero-order valence-corrected chi connectivity index (χ0v) is 12.5. The smallest absolute Gasteiger partial charge is 0.310 e. The molecule has 0 saturated heterocycles. The van der Waals surface area contributed by atoms with E-state index in [-0.39, 0.29) is 11.9 Å². The van der Waals surface area contributed by atoms with Crippen LogP contribution in [-0.4, -0.2) is 24.6 Å². The van der Waals surface area contributed by atoms with E-state index < -0.39 is 5.60 Å². The number of methoxy groups -OCH3 is 1. The summed E-state index contributed by atoms with van der Waals surface area (Å²) in [5, 5.41) is 0. The molecule has 0 aromatic carbocycles. The second kappa shape index (κ2) is 9.59. The van der Waals surface area contributed by atoms with E-state index in [4.69, 9.17) is 4.74 Å². The van der Waals surface area contributed by atoms with Crippen molar-refractivity contribution in [1.29, 1.82) is 0 Å². The molecule has 0 unspecified atom stereocenters. The lowest BCUT2D eigenvalue weighted by Crippen LogP contribution is -2.23. The molecule has 0 radical (unpaired) electrons. The number of ether oxygens (including phenoxy) is 2. The highest BCUT2D eigenvalue weighted by Gasteiger charge is 2.14. The lowest BCUT2D eigenvalue weighted by molar-refractivity contribution is -0.153. The number of carbonyl (C=O) groups excluding carboxylic acids is 2. The van der Waals surface area contributed by atoms with Gasteiger partial charge in [0.15, 0.2) is 0 Å². The number of carbonyl (C=O) groups is 2. The molecule has 0 aromatic rings. The van der Waals surface area contributed by atoms with E-state index in [0.29, 0.717) is 12.8 Å². The zero-order chi connectivity index (χ0) is 14.7. The third-order valence-electron chi connectivity index (χ3n) is 2.35. The number of allylic oxidation sites excluding steroid dienone is 1. The minimum atomic E-state index is -0.418. The van der Waals surface area contributed by atoms with Gasteiger partial charge in [-0.1, -0.05) is 18.6 Å². The predicted octanol–water partition coefficient (Wildman–Crippen LogP) is 3.40. The maximum absolute atomic E-state index is 11.4. The minimum absolute atomic E-state index is 0.152. The molecule has 4 nitrogen and oxygen atoms in total. The number of hydrogen-bond acceptors (Lipinski definition) is 4. The first-order chi connectivity index (χ1) is 8.85. The fourth-order valence-corrected chi connectivity index (χ4v) is 1.49. The van der Waals surface area contributed by atoms with E-state index in [1.54, 1.807) is 0 Å². The summed E-state index contributed by atoms with van der Waals surface area (Å²) in [6, 6.07) is 0. The monoisotopic (exact) mass is 270 g/mol. The van der Waals surface area contributed by atoms with Gasteiger partial charge in [-0.3, -0.25) is 9.59 Å². The van der Waals surface area contributed by atoms with E-state index in [9.17, 15) is 9.59 Å². The van der Waals surface area contributed by atoms with Crippen molar-refractivity contribution in [3.8, 4) is 0 Å². The molecule has 0 spiro atoms. The highest BCUT2D eigenvalue weighted by atomic mass is 16.6. The molecular formula is C15H26O4. The Bertz CT molecular complexity index is 300. The third-order valence-corrected chi connectivity index (χ3v) is 2.35. The standard InChI is InChI=1S/C15H26O4/c1-15(2,3)19-14(17)12-10-8-6-5-7-9-11-13(16)18-4/h8,10H,5-7,9,11-12H2,1-4H3/b10-8+. The van der Waals surface area contributed by atoms with Gasteiger partial charge in [0.1, 0.15) is 5.60 Å². The summed E-state index contributed by atoms with van der Waals surface area (Å²) in [5.74, 6) is -0.352. The van der Waals surface area contributed by atoms with E-state index in [1.807, 2.05) is 32.9 Å². The van der Waals surface area contributed by atoms with Gasteiger partial charge in [-0.2, -0.15) is 0 Å². The SMILES string of the molecule is COC(=O)CCCCC/C=C/CC(=O)OC(C)(C)C. The molecule has 0 bridgehead atoms. The quantitative estimate of drug-likeness (QED) is 0.385. The molecule has 0 fully saturated rings. The Labute approximate surface area is 116 Å². The van der Waals surface area contributed by atoms with Crippen molar-refractivity contribution in [2.24, 2.45) is 0 Å². The molecule has 0 N–H and O–H groups in total. The van der Waals surface area contributed by atoms with Crippen LogP contribution in [-0.2, 0) is 19.1 Å². The second-order valence-electron chi connectivity index (χ2n) is 5.44. The van der Waals surface area contributed by atoms with Gasteiger partial charge in [0, 0.05) is 6.42 Å². The van der Waals surface area contributed by atoms with Gasteiger partial charge in [0.05, 0.1) is 13.5 Å². The van der Waals surface area contributed by atoms with Crippen molar-refractivity contribution in [3.63, 3.8) is 0 Å². The predicted molar refractivity (Wildman–Crippen MR) is 74.7 cm³/mol. The molecule has 0 aliphatic carbocycles.